The van der Waals surface area contributed by atoms with Crippen LogP contribution in [0.15, 0.2) is 60.7 Å². The van der Waals surface area contributed by atoms with Crippen molar-refractivity contribution in [3.8, 4) is 0 Å². The maximum Gasteiger partial charge on any atom is 0.319 e. The van der Waals surface area contributed by atoms with Crippen molar-refractivity contribution in [1.29, 1.82) is 0 Å². The molecule has 2 amide bonds. The molecule has 0 fully saturated rings. The van der Waals surface area contributed by atoms with E-state index >= 15 is 0 Å². The fraction of sp³-hybridized carbons (Fsp3) is 0.367. The zero-order valence-corrected chi connectivity index (χ0v) is 21.0. The van der Waals surface area contributed by atoms with Crippen molar-refractivity contribution in [2.24, 2.45) is 0 Å². The molecule has 2 heterocycles. The van der Waals surface area contributed by atoms with Crippen molar-refractivity contribution in [2.75, 3.05) is 23.3 Å². The number of urea groups is 1. The molecule has 5 rings (SSSR count). The largest absolute Gasteiger partial charge is 0.371 e. The molecule has 0 aromatic heterocycles. The van der Waals surface area contributed by atoms with Crippen molar-refractivity contribution in [3.05, 3.63) is 94.3 Å². The summed E-state index contributed by atoms with van der Waals surface area (Å²) in [6.45, 7) is 9.96. The zero-order chi connectivity index (χ0) is 24.7. The predicted octanol–water partition coefficient (Wildman–Crippen LogP) is 6.93. The van der Waals surface area contributed by atoms with E-state index < -0.39 is 0 Å². The van der Waals surface area contributed by atoms with Gasteiger partial charge in [0, 0.05) is 41.8 Å². The molecule has 2 aliphatic heterocycles. The molecule has 0 saturated heterocycles. The van der Waals surface area contributed by atoms with Gasteiger partial charge < -0.3 is 15.5 Å². The summed E-state index contributed by atoms with van der Waals surface area (Å²) in [5, 5.41) is 6.08. The van der Waals surface area contributed by atoms with Crippen LogP contribution in [-0.4, -0.2) is 24.7 Å². The Balaban J connectivity index is 1.64. The van der Waals surface area contributed by atoms with E-state index in [0.29, 0.717) is 0 Å². The molecule has 3 aromatic rings. The van der Waals surface area contributed by atoms with Crippen molar-refractivity contribution in [3.63, 3.8) is 0 Å². The van der Waals surface area contributed by atoms with E-state index in [1.807, 2.05) is 26.8 Å². The van der Waals surface area contributed by atoms with E-state index in [4.69, 9.17) is 0 Å². The number of nitrogens with one attached hydrogen (secondary N) is 2. The van der Waals surface area contributed by atoms with Crippen LogP contribution in [0.2, 0.25) is 0 Å². The number of rotatable bonds is 3. The molecule has 0 bridgehead atoms. The lowest BCUT2D eigenvalue weighted by atomic mass is 9.76. The Kier molecular flexibility index (Phi) is 6.04. The second-order valence-electron chi connectivity index (χ2n) is 11.0. The van der Waals surface area contributed by atoms with Gasteiger partial charge in [-0.3, -0.25) is 0 Å². The van der Waals surface area contributed by atoms with Gasteiger partial charge in [0.2, 0.25) is 0 Å². The van der Waals surface area contributed by atoms with Gasteiger partial charge in [-0.2, -0.15) is 0 Å². The molecule has 2 N–H and O–H groups in total. The minimum Gasteiger partial charge on any atom is -0.371 e. The third kappa shape index (κ3) is 4.90. The summed E-state index contributed by atoms with van der Waals surface area (Å²) >= 11 is 0. The van der Waals surface area contributed by atoms with E-state index in [9.17, 15) is 9.18 Å². The van der Waals surface area contributed by atoms with Crippen LogP contribution < -0.4 is 15.5 Å². The Hall–Kier alpha value is -3.34. The smallest absolute Gasteiger partial charge is 0.319 e. The molecule has 182 valence electrons. The quantitative estimate of drug-likeness (QED) is 0.435. The molecule has 0 saturated carbocycles. The highest BCUT2D eigenvalue weighted by atomic mass is 19.1. The minimum atomic E-state index is -0.336. The molecule has 0 radical (unpaired) electrons. The third-order valence-corrected chi connectivity index (χ3v) is 7.05. The summed E-state index contributed by atoms with van der Waals surface area (Å²) in [6, 6.07) is 19.7. The van der Waals surface area contributed by atoms with Gasteiger partial charge in [-0.25, -0.2) is 9.18 Å². The van der Waals surface area contributed by atoms with E-state index in [0.717, 1.165) is 37.2 Å². The van der Waals surface area contributed by atoms with Crippen LogP contribution in [-0.2, 0) is 0 Å². The number of benzene rings is 3. The highest BCUT2D eigenvalue weighted by Crippen LogP contribution is 2.49. The Morgan fingerprint density at radius 3 is 2.09 bits per heavy atom. The molecular weight excluding hydrogens is 437 g/mol. The zero-order valence-electron chi connectivity index (χ0n) is 21.0. The van der Waals surface area contributed by atoms with E-state index in [1.165, 1.54) is 34.0 Å². The first-order chi connectivity index (χ1) is 16.7. The van der Waals surface area contributed by atoms with Gasteiger partial charge >= 0.3 is 6.03 Å². The molecule has 2 atom stereocenters. The number of aryl methyl sites for hydroxylation is 1. The molecule has 4 nitrogen and oxygen atoms in total. The van der Waals surface area contributed by atoms with Crippen molar-refractivity contribution >= 4 is 17.4 Å². The fourth-order valence-corrected chi connectivity index (χ4v) is 5.67. The van der Waals surface area contributed by atoms with Gasteiger partial charge in [0.15, 0.2) is 0 Å². The van der Waals surface area contributed by atoms with Crippen LogP contribution >= 0.6 is 0 Å². The van der Waals surface area contributed by atoms with E-state index in [-0.39, 0.29) is 29.2 Å². The summed E-state index contributed by atoms with van der Waals surface area (Å²) in [6.07, 6.45) is 1.95. The summed E-state index contributed by atoms with van der Waals surface area (Å²) in [4.78, 5) is 15.3. The number of amides is 2. The summed E-state index contributed by atoms with van der Waals surface area (Å²) in [5.74, 6) is 0.119. The minimum absolute atomic E-state index is 0.0828. The molecule has 5 heteroatoms. The van der Waals surface area contributed by atoms with Crippen molar-refractivity contribution < 1.29 is 9.18 Å². The maximum absolute atomic E-state index is 14.2. The number of carbonyl (C=O) groups excluding carboxylic acids is 1. The van der Waals surface area contributed by atoms with E-state index in [1.54, 1.807) is 12.1 Å². The first-order valence-electron chi connectivity index (χ1n) is 12.5. The maximum atomic E-state index is 14.2. The molecule has 0 unspecified atom stereocenters. The summed E-state index contributed by atoms with van der Waals surface area (Å²) in [5.41, 5.74) is 7.65. The Morgan fingerprint density at radius 2 is 1.51 bits per heavy atom. The van der Waals surface area contributed by atoms with Gasteiger partial charge in [-0.1, -0.05) is 42.0 Å². The topological polar surface area (TPSA) is 44.4 Å². The normalized spacial score (nSPS) is 19.2. The molecule has 35 heavy (non-hydrogen) atoms. The van der Waals surface area contributed by atoms with Gasteiger partial charge in [-0.05, 0) is 87.1 Å². The fourth-order valence-electron chi connectivity index (χ4n) is 5.67. The highest BCUT2D eigenvalue weighted by molar-refractivity contribution is 5.91. The number of nitrogens with zero attached hydrogens (tertiary/aromatic N) is 1. The van der Waals surface area contributed by atoms with Gasteiger partial charge in [0.05, 0.1) is 0 Å². The highest BCUT2D eigenvalue weighted by Gasteiger charge is 2.35. The second-order valence-corrected chi connectivity index (χ2v) is 11.0. The molecular formula is C30H34FN3O. The van der Waals surface area contributed by atoms with Gasteiger partial charge in [0.1, 0.15) is 5.82 Å². The lowest BCUT2D eigenvalue weighted by Crippen LogP contribution is -2.43. The molecule has 0 spiro atoms. The first kappa shape index (κ1) is 23.4. The standard InChI is InChI=1S/C30H34FN3O/c1-19-7-5-8-20(15-19)24-11-13-34-14-12-25(21-9-6-10-22(31)16-21)27-18-23(17-26(24)28(27)34)32-29(35)33-30(2,3)4/h5-10,15-18,24-25H,11-14H2,1-4H3,(H2,32,33,35)/t24-,25-/m0/s1. The number of anilines is 2. The monoisotopic (exact) mass is 471 g/mol. The number of hydrogen-bond donors (Lipinski definition) is 2. The number of halogens is 1. The average Bonchev–Trinajstić information content (AvgIpc) is 2.78. The first-order valence-corrected chi connectivity index (χ1v) is 12.5. The van der Waals surface area contributed by atoms with Crippen LogP contribution in [0.25, 0.3) is 0 Å². The van der Waals surface area contributed by atoms with Crippen LogP contribution in [0.1, 0.15) is 73.3 Å². The SMILES string of the molecule is Cc1cccc([C@@H]2CCN3CC[C@@H](c4cccc(F)c4)c4cc(NC(=O)NC(C)(C)C)cc2c43)c1. The summed E-state index contributed by atoms with van der Waals surface area (Å²) in [7, 11) is 0. The predicted molar refractivity (Wildman–Crippen MR) is 141 cm³/mol. The lowest BCUT2D eigenvalue weighted by molar-refractivity contribution is 0.244. The van der Waals surface area contributed by atoms with Crippen LogP contribution in [0.4, 0.5) is 20.6 Å². The Bertz CT molecular complexity index is 1180. The van der Waals surface area contributed by atoms with Crippen molar-refractivity contribution in [2.45, 2.75) is 57.9 Å². The third-order valence-electron chi connectivity index (χ3n) is 7.05. The van der Waals surface area contributed by atoms with Crippen LogP contribution in [0, 0.1) is 12.7 Å². The molecule has 2 aliphatic rings. The van der Waals surface area contributed by atoms with Gasteiger partial charge in [-0.15, -0.1) is 0 Å². The lowest BCUT2D eigenvalue weighted by Gasteiger charge is -2.43. The summed E-state index contributed by atoms with van der Waals surface area (Å²) < 4.78 is 14.2. The van der Waals surface area contributed by atoms with Gasteiger partial charge in [0.25, 0.3) is 0 Å². The Labute approximate surface area is 207 Å². The van der Waals surface area contributed by atoms with Crippen LogP contribution in [0.3, 0.4) is 0 Å². The molecule has 0 aliphatic carbocycles. The average molecular weight is 472 g/mol. The number of hydrogen-bond acceptors (Lipinski definition) is 2. The molecule has 3 aromatic carbocycles. The second kappa shape index (κ2) is 9.03. The van der Waals surface area contributed by atoms with Crippen LogP contribution in [0.5, 0.6) is 0 Å². The van der Waals surface area contributed by atoms with E-state index in [2.05, 4.69) is 58.9 Å². The number of carbonyl (C=O) groups is 1. The van der Waals surface area contributed by atoms with Crippen molar-refractivity contribution in [1.82, 2.24) is 5.32 Å². The Morgan fingerprint density at radius 1 is 0.914 bits per heavy atom.